The molecule has 0 fully saturated rings. The zero-order valence-electron chi connectivity index (χ0n) is 8.47. The van der Waals surface area contributed by atoms with E-state index in [1.807, 2.05) is 0 Å². The second-order valence-electron chi connectivity index (χ2n) is 3.02. The van der Waals surface area contributed by atoms with E-state index in [2.05, 4.69) is 10.1 Å². The highest BCUT2D eigenvalue weighted by molar-refractivity contribution is 5.95. The average Bonchev–Trinajstić information content (AvgIpc) is 2.63. The van der Waals surface area contributed by atoms with E-state index in [4.69, 9.17) is 15.4 Å². The summed E-state index contributed by atoms with van der Waals surface area (Å²) in [6, 6.07) is 0. The molecule has 0 bridgehead atoms. The van der Waals surface area contributed by atoms with Gasteiger partial charge < -0.3 is 20.3 Å². The summed E-state index contributed by atoms with van der Waals surface area (Å²) >= 11 is 0. The normalized spacial score (nSPS) is 11.5. The molecule has 0 aliphatic heterocycles. The van der Waals surface area contributed by atoms with E-state index in [1.165, 1.54) is 18.3 Å². The van der Waals surface area contributed by atoms with Gasteiger partial charge in [0.05, 0.1) is 12.2 Å². The topological polar surface area (TPSA) is 105 Å². The van der Waals surface area contributed by atoms with Gasteiger partial charge in [-0.3, -0.25) is 4.79 Å². The summed E-state index contributed by atoms with van der Waals surface area (Å²) in [5.41, 5.74) is 5.77. The number of aromatic nitrogens is 1. The molecule has 0 atom stereocenters. The molecule has 1 aromatic rings. The highest BCUT2D eigenvalue weighted by Crippen LogP contribution is 2.07. The molecule has 3 N–H and O–H groups in total. The van der Waals surface area contributed by atoms with E-state index in [1.54, 1.807) is 6.92 Å². The molecule has 0 spiro atoms. The van der Waals surface area contributed by atoms with E-state index in [0.29, 0.717) is 5.69 Å². The first-order valence-corrected chi connectivity index (χ1v) is 4.18. The highest BCUT2D eigenvalue weighted by atomic mass is 16.4. The Morgan fingerprint density at radius 2 is 2.47 bits per heavy atom. The van der Waals surface area contributed by atoms with Gasteiger partial charge in [-0.2, -0.15) is 0 Å². The largest absolute Gasteiger partial charge is 0.438 e. The number of nitrogens with two attached hydrogens (primary N) is 1. The van der Waals surface area contributed by atoms with Crippen LogP contribution in [0.2, 0.25) is 0 Å². The predicted octanol–water partition coefficient (Wildman–Crippen LogP) is -0.199. The summed E-state index contributed by atoms with van der Waals surface area (Å²) in [7, 11) is 1.52. The van der Waals surface area contributed by atoms with Crippen molar-refractivity contribution in [3.8, 4) is 0 Å². The Labute approximate surface area is 86.2 Å². The molecular formula is C8H12N4O3. The summed E-state index contributed by atoms with van der Waals surface area (Å²) in [5.74, 6) is -0.261. The molecule has 7 heteroatoms. The lowest BCUT2D eigenvalue weighted by Crippen LogP contribution is -2.35. The van der Waals surface area contributed by atoms with Gasteiger partial charge in [0.2, 0.25) is 5.76 Å². The standard InChI is InChI=1S/C8H12N4O3/c1-5-7(15-4-10-5)8(13)12(2)3-6(9)11-14/h4,14H,3H2,1-2H3,(H2,9,11). The van der Waals surface area contributed by atoms with Crippen molar-refractivity contribution in [2.45, 2.75) is 6.92 Å². The Balaban J connectivity index is 2.74. The molecule has 7 nitrogen and oxygen atoms in total. The number of aryl methyl sites for hydroxylation is 1. The van der Waals surface area contributed by atoms with E-state index in [0.717, 1.165) is 0 Å². The number of nitrogens with zero attached hydrogens (tertiary/aromatic N) is 3. The van der Waals surface area contributed by atoms with Gasteiger partial charge in [-0.15, -0.1) is 0 Å². The minimum absolute atomic E-state index is 0.0233. The smallest absolute Gasteiger partial charge is 0.291 e. The van der Waals surface area contributed by atoms with Crippen LogP contribution in [0.3, 0.4) is 0 Å². The van der Waals surface area contributed by atoms with Crippen LogP contribution in [0.15, 0.2) is 16.0 Å². The van der Waals surface area contributed by atoms with Crippen molar-refractivity contribution in [2.75, 3.05) is 13.6 Å². The Kier molecular flexibility index (Phi) is 3.27. The van der Waals surface area contributed by atoms with Gasteiger partial charge in [-0.05, 0) is 6.92 Å². The number of amides is 1. The number of amidine groups is 1. The molecule has 0 aliphatic rings. The van der Waals surface area contributed by atoms with E-state index in [-0.39, 0.29) is 24.0 Å². The van der Waals surface area contributed by atoms with Gasteiger partial charge in [0, 0.05) is 7.05 Å². The minimum atomic E-state index is -0.364. The Morgan fingerprint density at radius 3 is 2.93 bits per heavy atom. The summed E-state index contributed by atoms with van der Waals surface area (Å²) in [6.45, 7) is 1.68. The van der Waals surface area contributed by atoms with E-state index < -0.39 is 0 Å². The van der Waals surface area contributed by atoms with Gasteiger partial charge in [0.25, 0.3) is 5.91 Å². The molecule has 1 rings (SSSR count). The SMILES string of the molecule is Cc1ncoc1C(=O)N(C)CC(N)=NO. The molecule has 0 aliphatic carbocycles. The third kappa shape index (κ3) is 2.46. The quantitative estimate of drug-likeness (QED) is 0.312. The molecule has 1 aromatic heterocycles. The first-order chi connectivity index (χ1) is 7.06. The fourth-order valence-corrected chi connectivity index (χ4v) is 1.03. The number of carbonyl (C=O) groups excluding carboxylic acids is 1. The number of hydrogen-bond acceptors (Lipinski definition) is 5. The lowest BCUT2D eigenvalue weighted by Gasteiger charge is -2.14. The lowest BCUT2D eigenvalue weighted by atomic mass is 10.3. The van der Waals surface area contributed by atoms with E-state index >= 15 is 0 Å². The highest BCUT2D eigenvalue weighted by Gasteiger charge is 2.18. The fraction of sp³-hybridized carbons (Fsp3) is 0.375. The molecule has 0 aromatic carbocycles. The van der Waals surface area contributed by atoms with E-state index in [9.17, 15) is 4.79 Å². The third-order valence-electron chi connectivity index (χ3n) is 1.81. The van der Waals surface area contributed by atoms with Crippen LogP contribution >= 0.6 is 0 Å². The van der Waals surface area contributed by atoms with Crippen LogP contribution in [-0.2, 0) is 0 Å². The van der Waals surface area contributed by atoms with Gasteiger partial charge in [0.1, 0.15) is 0 Å². The minimum Gasteiger partial charge on any atom is -0.438 e. The second-order valence-corrected chi connectivity index (χ2v) is 3.02. The van der Waals surface area contributed by atoms with Crippen molar-refractivity contribution in [3.05, 3.63) is 17.8 Å². The van der Waals surface area contributed by atoms with Crippen LogP contribution in [0.1, 0.15) is 16.2 Å². The van der Waals surface area contributed by atoms with Crippen LogP contribution < -0.4 is 5.73 Å². The third-order valence-corrected chi connectivity index (χ3v) is 1.81. The predicted molar refractivity (Wildman–Crippen MR) is 51.6 cm³/mol. The number of hydrogen-bond donors (Lipinski definition) is 2. The van der Waals surface area contributed by atoms with Crippen molar-refractivity contribution in [1.29, 1.82) is 0 Å². The van der Waals surface area contributed by atoms with Crippen LogP contribution in [0.25, 0.3) is 0 Å². The van der Waals surface area contributed by atoms with Crippen molar-refractivity contribution in [2.24, 2.45) is 10.9 Å². The fourth-order valence-electron chi connectivity index (χ4n) is 1.03. The van der Waals surface area contributed by atoms with Crippen molar-refractivity contribution in [1.82, 2.24) is 9.88 Å². The Hall–Kier alpha value is -2.05. The second kappa shape index (κ2) is 4.45. The molecule has 1 heterocycles. The molecule has 0 radical (unpaired) electrons. The molecule has 1 amide bonds. The zero-order valence-corrected chi connectivity index (χ0v) is 8.47. The molecule has 0 unspecified atom stereocenters. The number of oxime groups is 1. The number of oxazole rings is 1. The Morgan fingerprint density at radius 1 is 1.80 bits per heavy atom. The van der Waals surface area contributed by atoms with Gasteiger partial charge in [0.15, 0.2) is 12.2 Å². The average molecular weight is 212 g/mol. The number of rotatable bonds is 3. The van der Waals surface area contributed by atoms with Crippen LogP contribution in [0, 0.1) is 6.92 Å². The summed E-state index contributed by atoms with van der Waals surface area (Å²) < 4.78 is 4.92. The van der Waals surface area contributed by atoms with Gasteiger partial charge >= 0.3 is 0 Å². The van der Waals surface area contributed by atoms with Crippen molar-refractivity contribution in [3.63, 3.8) is 0 Å². The van der Waals surface area contributed by atoms with Crippen molar-refractivity contribution >= 4 is 11.7 Å². The molecule has 15 heavy (non-hydrogen) atoms. The summed E-state index contributed by atoms with van der Waals surface area (Å²) in [5, 5.41) is 11.1. The summed E-state index contributed by atoms with van der Waals surface area (Å²) in [6.07, 6.45) is 1.19. The monoisotopic (exact) mass is 212 g/mol. The first kappa shape index (κ1) is 11.0. The van der Waals surface area contributed by atoms with Gasteiger partial charge in [-0.25, -0.2) is 4.98 Å². The maximum atomic E-state index is 11.7. The van der Waals surface area contributed by atoms with Crippen molar-refractivity contribution < 1.29 is 14.4 Å². The first-order valence-electron chi connectivity index (χ1n) is 4.18. The number of likely N-dealkylation sites (N-methyl/N-ethyl adjacent to an activating group) is 1. The molecular weight excluding hydrogens is 200 g/mol. The van der Waals surface area contributed by atoms with Crippen LogP contribution in [0.4, 0.5) is 0 Å². The molecule has 0 saturated carbocycles. The number of carbonyl (C=O) groups is 1. The molecule has 0 saturated heterocycles. The Bertz CT molecular complexity index is 385. The maximum Gasteiger partial charge on any atom is 0.291 e. The molecule has 82 valence electrons. The zero-order chi connectivity index (χ0) is 11.4. The van der Waals surface area contributed by atoms with Gasteiger partial charge in [-0.1, -0.05) is 5.16 Å². The summed E-state index contributed by atoms with van der Waals surface area (Å²) in [4.78, 5) is 16.7. The van der Waals surface area contributed by atoms with Crippen LogP contribution in [-0.4, -0.2) is 40.4 Å². The lowest BCUT2D eigenvalue weighted by molar-refractivity contribution is 0.0781. The van der Waals surface area contributed by atoms with Crippen LogP contribution in [0.5, 0.6) is 0 Å². The maximum absolute atomic E-state index is 11.7.